The standard InChI is InChI=1S/C10H8ClFN2O/c11-7-1-6(2-8(12)3-7)10-4-9(5-13)15-14-10/h1-4H,5,13H2. The van der Waals surface area contributed by atoms with E-state index in [4.69, 9.17) is 21.9 Å². The number of hydrogen-bond donors (Lipinski definition) is 1. The Bertz CT molecular complexity index is 464. The lowest BCUT2D eigenvalue weighted by molar-refractivity contribution is 0.387. The molecule has 1 heterocycles. The molecule has 0 spiro atoms. The minimum Gasteiger partial charge on any atom is -0.359 e. The predicted molar refractivity (Wildman–Crippen MR) is 54.8 cm³/mol. The topological polar surface area (TPSA) is 52.0 Å². The zero-order valence-corrected chi connectivity index (χ0v) is 8.46. The van der Waals surface area contributed by atoms with E-state index < -0.39 is 5.82 Å². The Morgan fingerprint density at radius 3 is 2.73 bits per heavy atom. The first-order chi connectivity index (χ1) is 7.19. The molecule has 3 nitrogen and oxygen atoms in total. The highest BCUT2D eigenvalue weighted by Crippen LogP contribution is 2.23. The summed E-state index contributed by atoms with van der Waals surface area (Å²) in [5.74, 6) is 0.139. The maximum atomic E-state index is 13.0. The number of aromatic nitrogens is 1. The normalized spacial score (nSPS) is 10.6. The van der Waals surface area contributed by atoms with Crippen LogP contribution in [0.3, 0.4) is 0 Å². The number of nitrogens with zero attached hydrogens (tertiary/aromatic N) is 1. The van der Waals surface area contributed by atoms with Crippen LogP contribution in [0, 0.1) is 5.82 Å². The molecule has 1 aromatic carbocycles. The lowest BCUT2D eigenvalue weighted by Crippen LogP contribution is -1.92. The van der Waals surface area contributed by atoms with Gasteiger partial charge in [0.15, 0.2) is 5.76 Å². The Morgan fingerprint density at radius 1 is 1.33 bits per heavy atom. The molecule has 2 aromatic rings. The molecule has 15 heavy (non-hydrogen) atoms. The Morgan fingerprint density at radius 2 is 2.13 bits per heavy atom. The molecule has 0 amide bonds. The summed E-state index contributed by atoms with van der Waals surface area (Å²) in [6, 6.07) is 5.84. The van der Waals surface area contributed by atoms with Gasteiger partial charge in [-0.05, 0) is 18.2 Å². The molecule has 2 N–H and O–H groups in total. The second kappa shape index (κ2) is 4.00. The summed E-state index contributed by atoms with van der Waals surface area (Å²) in [7, 11) is 0. The maximum Gasteiger partial charge on any atom is 0.150 e. The smallest absolute Gasteiger partial charge is 0.150 e. The molecule has 1 aromatic heterocycles. The van der Waals surface area contributed by atoms with Crippen LogP contribution >= 0.6 is 11.6 Å². The molecule has 78 valence electrons. The van der Waals surface area contributed by atoms with Gasteiger partial charge in [0.05, 0.1) is 6.54 Å². The molecule has 0 fully saturated rings. The van der Waals surface area contributed by atoms with Crippen LogP contribution in [0.15, 0.2) is 28.8 Å². The summed E-state index contributed by atoms with van der Waals surface area (Å²) in [5, 5.41) is 4.08. The van der Waals surface area contributed by atoms with Gasteiger partial charge in [-0.25, -0.2) is 4.39 Å². The third kappa shape index (κ3) is 2.16. The monoisotopic (exact) mass is 226 g/mol. The van der Waals surface area contributed by atoms with Gasteiger partial charge in [-0.2, -0.15) is 0 Å². The highest BCUT2D eigenvalue weighted by molar-refractivity contribution is 6.30. The van der Waals surface area contributed by atoms with Crippen molar-refractivity contribution in [1.82, 2.24) is 5.16 Å². The van der Waals surface area contributed by atoms with Gasteiger partial charge in [0.25, 0.3) is 0 Å². The van der Waals surface area contributed by atoms with E-state index in [-0.39, 0.29) is 6.54 Å². The minimum atomic E-state index is -0.408. The third-order valence-corrected chi connectivity index (χ3v) is 2.14. The fourth-order valence-corrected chi connectivity index (χ4v) is 1.47. The number of nitrogens with two attached hydrogens (primary N) is 1. The highest BCUT2D eigenvalue weighted by atomic mass is 35.5. The quantitative estimate of drug-likeness (QED) is 0.856. The molecule has 0 unspecified atom stereocenters. The van der Waals surface area contributed by atoms with E-state index in [9.17, 15) is 4.39 Å². The van der Waals surface area contributed by atoms with Crippen molar-refractivity contribution in [1.29, 1.82) is 0 Å². The maximum absolute atomic E-state index is 13.0. The molecule has 0 aliphatic rings. The molecular formula is C10H8ClFN2O. The van der Waals surface area contributed by atoms with E-state index in [1.165, 1.54) is 12.1 Å². The molecule has 0 aliphatic carbocycles. The van der Waals surface area contributed by atoms with Gasteiger partial charge in [-0.15, -0.1) is 0 Å². The number of benzene rings is 1. The van der Waals surface area contributed by atoms with Crippen LogP contribution in [-0.4, -0.2) is 5.16 Å². The Balaban J connectivity index is 2.44. The van der Waals surface area contributed by atoms with Crippen molar-refractivity contribution in [2.24, 2.45) is 5.73 Å². The molecular weight excluding hydrogens is 219 g/mol. The molecule has 5 heteroatoms. The van der Waals surface area contributed by atoms with Gasteiger partial charge in [0.1, 0.15) is 11.5 Å². The first-order valence-corrected chi connectivity index (χ1v) is 4.69. The molecule has 0 radical (unpaired) electrons. The number of halogens is 2. The Hall–Kier alpha value is -1.39. The summed E-state index contributed by atoms with van der Waals surface area (Å²) < 4.78 is 17.9. The SMILES string of the molecule is NCc1cc(-c2cc(F)cc(Cl)c2)no1. The fourth-order valence-electron chi connectivity index (χ4n) is 1.25. The average Bonchev–Trinajstić information content (AvgIpc) is 2.64. The van der Waals surface area contributed by atoms with Crippen molar-refractivity contribution >= 4 is 11.6 Å². The molecule has 0 saturated carbocycles. The predicted octanol–water partition coefficient (Wildman–Crippen LogP) is 2.59. The summed E-state index contributed by atoms with van der Waals surface area (Å²) in [4.78, 5) is 0. The van der Waals surface area contributed by atoms with Crippen molar-refractivity contribution in [3.05, 3.63) is 40.9 Å². The van der Waals surface area contributed by atoms with Crippen molar-refractivity contribution < 1.29 is 8.91 Å². The van der Waals surface area contributed by atoms with Crippen LogP contribution in [0.5, 0.6) is 0 Å². The number of hydrogen-bond acceptors (Lipinski definition) is 3. The molecule has 0 bridgehead atoms. The van der Waals surface area contributed by atoms with E-state index in [0.717, 1.165) is 0 Å². The number of rotatable bonds is 2. The van der Waals surface area contributed by atoms with Crippen LogP contribution in [0.4, 0.5) is 4.39 Å². The summed E-state index contributed by atoms with van der Waals surface area (Å²) in [5.41, 5.74) is 6.46. The van der Waals surface area contributed by atoms with Crippen molar-refractivity contribution in [3.63, 3.8) is 0 Å². The Kier molecular flexibility index (Phi) is 2.70. The van der Waals surface area contributed by atoms with E-state index in [2.05, 4.69) is 5.16 Å². The first-order valence-electron chi connectivity index (χ1n) is 4.31. The Labute approximate surface area is 90.6 Å². The van der Waals surface area contributed by atoms with Crippen molar-refractivity contribution in [2.75, 3.05) is 0 Å². The molecule has 0 atom stereocenters. The first kappa shape index (κ1) is 10.1. The zero-order valence-electron chi connectivity index (χ0n) is 7.71. The van der Waals surface area contributed by atoms with Crippen LogP contribution in [0.1, 0.15) is 5.76 Å². The average molecular weight is 227 g/mol. The van der Waals surface area contributed by atoms with Gasteiger partial charge in [-0.3, -0.25) is 0 Å². The lowest BCUT2D eigenvalue weighted by Gasteiger charge is -1.96. The van der Waals surface area contributed by atoms with E-state index in [0.29, 0.717) is 22.0 Å². The van der Waals surface area contributed by atoms with Crippen LogP contribution in [0.2, 0.25) is 5.02 Å². The van der Waals surface area contributed by atoms with E-state index in [1.54, 1.807) is 12.1 Å². The van der Waals surface area contributed by atoms with Gasteiger partial charge in [-0.1, -0.05) is 16.8 Å². The summed E-state index contributed by atoms with van der Waals surface area (Å²) in [6.07, 6.45) is 0. The fraction of sp³-hybridized carbons (Fsp3) is 0.100. The minimum absolute atomic E-state index is 0.260. The van der Waals surface area contributed by atoms with E-state index in [1.807, 2.05) is 0 Å². The van der Waals surface area contributed by atoms with Crippen LogP contribution in [-0.2, 0) is 6.54 Å². The van der Waals surface area contributed by atoms with Crippen LogP contribution < -0.4 is 5.73 Å². The molecule has 2 rings (SSSR count). The molecule has 0 aliphatic heterocycles. The van der Waals surface area contributed by atoms with E-state index >= 15 is 0 Å². The van der Waals surface area contributed by atoms with Gasteiger partial charge < -0.3 is 10.3 Å². The molecule has 0 saturated heterocycles. The third-order valence-electron chi connectivity index (χ3n) is 1.92. The van der Waals surface area contributed by atoms with Crippen molar-refractivity contribution in [3.8, 4) is 11.3 Å². The zero-order chi connectivity index (χ0) is 10.8. The summed E-state index contributed by atoms with van der Waals surface area (Å²) >= 11 is 5.72. The second-order valence-electron chi connectivity index (χ2n) is 3.04. The lowest BCUT2D eigenvalue weighted by atomic mass is 10.1. The van der Waals surface area contributed by atoms with Gasteiger partial charge >= 0.3 is 0 Å². The van der Waals surface area contributed by atoms with Gasteiger partial charge in [0.2, 0.25) is 0 Å². The van der Waals surface area contributed by atoms with Crippen LogP contribution in [0.25, 0.3) is 11.3 Å². The largest absolute Gasteiger partial charge is 0.359 e. The highest BCUT2D eigenvalue weighted by Gasteiger charge is 2.07. The summed E-state index contributed by atoms with van der Waals surface area (Å²) in [6.45, 7) is 0.260. The van der Waals surface area contributed by atoms with Gasteiger partial charge in [0, 0.05) is 16.7 Å². The van der Waals surface area contributed by atoms with Crippen molar-refractivity contribution in [2.45, 2.75) is 6.54 Å². The second-order valence-corrected chi connectivity index (χ2v) is 3.48.